The first-order valence-corrected chi connectivity index (χ1v) is 25.1. The van der Waals surface area contributed by atoms with E-state index < -0.39 is 0 Å². The topological polar surface area (TPSA) is 43.6 Å². The first kappa shape index (κ1) is 43.5. The van der Waals surface area contributed by atoms with E-state index >= 15 is 0 Å². The molecule has 0 saturated carbocycles. The van der Waals surface area contributed by atoms with Gasteiger partial charge in [0.15, 0.2) is 17.5 Å². The van der Waals surface area contributed by atoms with Gasteiger partial charge < -0.3 is 4.57 Å². The number of hydrogen-bond donors (Lipinski definition) is 0. The van der Waals surface area contributed by atoms with Crippen molar-refractivity contribution in [1.82, 2.24) is 19.5 Å². The standard InChI is InChI=1S/C69H48N4/c1-9-25-47(26-10-1)56-43-62-63-44-57(48-27-11-2-12-28-48)59(50-31-15-4-16-32-50)46-65(63)73(64(62)45-58(56)49-29-13-3-14-30-49)66-60(51-33-17-5-18-34-51)41-55(42-61(66)52-35-19-6-20-36-52)69-71-67(53-37-21-7-22-38-53)70-68(72-69)54-39-23-8-24-40-54/h1-3,5-15,17-46H,4,16H2. The molecule has 4 heteroatoms. The Morgan fingerprint density at radius 3 is 1.00 bits per heavy atom. The van der Waals surface area contributed by atoms with E-state index in [-0.39, 0.29) is 0 Å². The lowest BCUT2D eigenvalue weighted by Crippen LogP contribution is -2.04. The lowest BCUT2D eigenvalue weighted by Gasteiger charge is -2.22. The van der Waals surface area contributed by atoms with Crippen LogP contribution < -0.4 is 0 Å². The minimum atomic E-state index is 0.598. The molecule has 73 heavy (non-hydrogen) atoms. The number of benzene rings is 10. The second kappa shape index (κ2) is 19.0. The predicted octanol–water partition coefficient (Wildman–Crippen LogP) is 18.0. The van der Waals surface area contributed by atoms with E-state index in [1.807, 2.05) is 36.4 Å². The van der Waals surface area contributed by atoms with Crippen molar-refractivity contribution < 1.29 is 0 Å². The molecule has 10 aromatic carbocycles. The highest BCUT2D eigenvalue weighted by atomic mass is 15.0. The van der Waals surface area contributed by atoms with Crippen LogP contribution in [0.5, 0.6) is 0 Å². The summed E-state index contributed by atoms with van der Waals surface area (Å²) in [6.07, 6.45) is 9.06. The molecule has 0 atom stereocenters. The SMILES string of the molecule is C1=CC(c2cc3c(cc2-c2ccccc2)c2cc(-c4ccccc4)c(-c4ccccc4)cc2n3-c2c(-c3ccccc3)cc(-c3nc(-c4ccccc4)nc(-c4ccccc4)n3)cc2-c2ccccc2)=CCC1. The van der Waals surface area contributed by atoms with Gasteiger partial charge in [-0.3, -0.25) is 0 Å². The van der Waals surface area contributed by atoms with Crippen LogP contribution in [0.25, 0.3) is 123 Å². The van der Waals surface area contributed by atoms with Gasteiger partial charge in [-0.2, -0.15) is 0 Å². The number of fused-ring (bicyclic) bond motifs is 3. The fourth-order valence-electron chi connectivity index (χ4n) is 10.6. The molecule has 0 aliphatic heterocycles. The van der Waals surface area contributed by atoms with Crippen LogP contribution in [0.2, 0.25) is 0 Å². The quantitative estimate of drug-likeness (QED) is 0.137. The van der Waals surface area contributed by atoms with Gasteiger partial charge >= 0.3 is 0 Å². The molecule has 0 spiro atoms. The van der Waals surface area contributed by atoms with E-state index in [0.717, 1.165) is 79.6 Å². The zero-order valence-corrected chi connectivity index (χ0v) is 40.1. The molecule has 13 rings (SSSR count). The Balaban J connectivity index is 1.20. The third-order valence-electron chi connectivity index (χ3n) is 14.1. The summed E-state index contributed by atoms with van der Waals surface area (Å²) in [5.74, 6) is 1.84. The second-order valence-corrected chi connectivity index (χ2v) is 18.6. The van der Waals surface area contributed by atoms with Crippen LogP contribution in [-0.2, 0) is 0 Å². The predicted molar refractivity (Wildman–Crippen MR) is 304 cm³/mol. The van der Waals surface area contributed by atoms with E-state index in [1.54, 1.807) is 0 Å². The van der Waals surface area contributed by atoms with Crippen molar-refractivity contribution in [2.24, 2.45) is 0 Å². The van der Waals surface area contributed by atoms with Crippen molar-refractivity contribution in [3.8, 4) is 95.5 Å². The average Bonchev–Trinajstić information content (AvgIpc) is 3.79. The van der Waals surface area contributed by atoms with Crippen LogP contribution in [0, 0.1) is 0 Å². The highest BCUT2D eigenvalue weighted by Gasteiger charge is 2.26. The zero-order valence-electron chi connectivity index (χ0n) is 40.1. The highest BCUT2D eigenvalue weighted by molar-refractivity contribution is 6.16. The number of allylic oxidation sites excluding steroid dienone is 4. The lowest BCUT2D eigenvalue weighted by molar-refractivity contribution is 1.04. The number of nitrogens with zero attached hydrogens (tertiary/aromatic N) is 4. The molecule has 0 fully saturated rings. The molecule has 0 bridgehead atoms. The lowest BCUT2D eigenvalue weighted by atomic mass is 9.89. The number of hydrogen-bond acceptors (Lipinski definition) is 3. The smallest absolute Gasteiger partial charge is 0.164 e. The Hall–Kier alpha value is -9.51. The maximum atomic E-state index is 5.31. The summed E-state index contributed by atoms with van der Waals surface area (Å²) >= 11 is 0. The molecule has 0 amide bonds. The zero-order chi connectivity index (χ0) is 48.5. The minimum absolute atomic E-state index is 0.598. The van der Waals surface area contributed by atoms with E-state index in [0.29, 0.717) is 17.5 Å². The molecule has 0 unspecified atom stereocenters. The Labute approximate surface area is 425 Å². The van der Waals surface area contributed by atoms with Crippen LogP contribution >= 0.6 is 0 Å². The van der Waals surface area contributed by atoms with Gasteiger partial charge in [-0.15, -0.1) is 0 Å². The summed E-state index contributed by atoms with van der Waals surface area (Å²) in [5, 5.41) is 2.35. The Bertz CT molecular complexity index is 3900. The van der Waals surface area contributed by atoms with Gasteiger partial charge in [-0.25, -0.2) is 15.0 Å². The van der Waals surface area contributed by atoms with Crippen molar-refractivity contribution in [2.75, 3.05) is 0 Å². The van der Waals surface area contributed by atoms with E-state index in [2.05, 4.69) is 235 Å². The van der Waals surface area contributed by atoms with Crippen molar-refractivity contribution in [3.63, 3.8) is 0 Å². The van der Waals surface area contributed by atoms with Crippen LogP contribution in [0.3, 0.4) is 0 Å². The molecule has 2 aromatic heterocycles. The fraction of sp³-hybridized carbons (Fsp3) is 0.0290. The van der Waals surface area contributed by atoms with E-state index in [1.165, 1.54) is 44.2 Å². The summed E-state index contributed by atoms with van der Waals surface area (Å²) in [6.45, 7) is 0. The summed E-state index contributed by atoms with van der Waals surface area (Å²) < 4.78 is 2.56. The van der Waals surface area contributed by atoms with Gasteiger partial charge in [-0.05, 0) is 105 Å². The number of aromatic nitrogens is 4. The summed E-state index contributed by atoms with van der Waals surface area (Å²) in [7, 11) is 0. The van der Waals surface area contributed by atoms with Crippen molar-refractivity contribution >= 4 is 27.4 Å². The highest BCUT2D eigenvalue weighted by Crippen LogP contribution is 2.48. The van der Waals surface area contributed by atoms with E-state index in [9.17, 15) is 0 Å². The van der Waals surface area contributed by atoms with Crippen molar-refractivity contribution in [1.29, 1.82) is 0 Å². The molecule has 0 saturated heterocycles. The summed E-state index contributed by atoms with van der Waals surface area (Å²) in [6, 6.07) is 89.0. The maximum Gasteiger partial charge on any atom is 0.164 e. The van der Waals surface area contributed by atoms with Crippen LogP contribution in [-0.4, -0.2) is 19.5 Å². The molecule has 1 aliphatic carbocycles. The average molecular weight is 933 g/mol. The molecular weight excluding hydrogens is 885 g/mol. The molecule has 12 aromatic rings. The third-order valence-corrected chi connectivity index (χ3v) is 14.1. The monoisotopic (exact) mass is 932 g/mol. The summed E-state index contributed by atoms with van der Waals surface area (Å²) in [4.78, 5) is 15.7. The molecule has 344 valence electrons. The molecule has 2 heterocycles. The van der Waals surface area contributed by atoms with E-state index in [4.69, 9.17) is 15.0 Å². The Morgan fingerprint density at radius 1 is 0.288 bits per heavy atom. The largest absolute Gasteiger partial charge is 0.308 e. The second-order valence-electron chi connectivity index (χ2n) is 18.6. The van der Waals surface area contributed by atoms with Gasteiger partial charge in [-0.1, -0.05) is 231 Å². The molecular formula is C69H48N4. The maximum absolute atomic E-state index is 5.31. The van der Waals surface area contributed by atoms with Gasteiger partial charge in [0, 0.05) is 38.6 Å². The van der Waals surface area contributed by atoms with Crippen LogP contribution in [0.1, 0.15) is 18.4 Å². The van der Waals surface area contributed by atoms with Gasteiger partial charge in [0.25, 0.3) is 0 Å². The molecule has 4 nitrogen and oxygen atoms in total. The number of rotatable bonds is 10. The van der Waals surface area contributed by atoms with Crippen LogP contribution in [0.4, 0.5) is 0 Å². The Morgan fingerprint density at radius 2 is 0.616 bits per heavy atom. The Kier molecular flexibility index (Phi) is 11.3. The summed E-state index contributed by atoms with van der Waals surface area (Å²) in [5.41, 5.74) is 19.8. The van der Waals surface area contributed by atoms with Gasteiger partial charge in [0.05, 0.1) is 16.7 Å². The van der Waals surface area contributed by atoms with Gasteiger partial charge in [0.1, 0.15) is 0 Å². The molecule has 0 radical (unpaired) electrons. The first-order valence-electron chi connectivity index (χ1n) is 25.1. The van der Waals surface area contributed by atoms with Crippen molar-refractivity contribution in [2.45, 2.75) is 12.8 Å². The normalized spacial score (nSPS) is 12.3. The minimum Gasteiger partial charge on any atom is -0.308 e. The van der Waals surface area contributed by atoms with Gasteiger partial charge in [0.2, 0.25) is 0 Å². The molecule has 0 N–H and O–H groups in total. The third kappa shape index (κ3) is 8.25. The molecule has 1 aliphatic rings. The van der Waals surface area contributed by atoms with Crippen LogP contribution in [0.15, 0.2) is 267 Å². The first-order chi connectivity index (χ1) is 36.2. The fourth-order valence-corrected chi connectivity index (χ4v) is 10.6. The van der Waals surface area contributed by atoms with Crippen molar-refractivity contribution in [3.05, 3.63) is 273 Å².